The first-order valence-corrected chi connectivity index (χ1v) is 15.1. The lowest BCUT2D eigenvalue weighted by atomic mass is 10.0. The summed E-state index contributed by atoms with van der Waals surface area (Å²) in [6.07, 6.45) is 6.07. The zero-order valence-corrected chi connectivity index (χ0v) is 24.3. The van der Waals surface area contributed by atoms with Crippen LogP contribution in [-0.2, 0) is 26.2 Å². The Morgan fingerprint density at radius 3 is 2.56 bits per heavy atom. The van der Waals surface area contributed by atoms with E-state index in [1.807, 2.05) is 36.1 Å². The van der Waals surface area contributed by atoms with E-state index in [1.54, 1.807) is 0 Å². The van der Waals surface area contributed by atoms with Crippen LogP contribution < -0.4 is 9.88 Å². The topological polar surface area (TPSA) is 128 Å². The van der Waals surface area contributed by atoms with Crippen LogP contribution in [-0.4, -0.2) is 67.5 Å². The minimum absolute atomic E-state index is 0.0175. The van der Waals surface area contributed by atoms with E-state index in [-0.39, 0.29) is 16.5 Å². The molecule has 0 aliphatic carbocycles. The first-order valence-electron chi connectivity index (χ1n) is 11.4. The van der Waals surface area contributed by atoms with E-state index in [2.05, 4.69) is 5.32 Å². The lowest BCUT2D eigenvalue weighted by molar-refractivity contribution is -0.671. The molecule has 2 aliphatic rings. The molecule has 9 nitrogen and oxygen atoms in total. The molecule has 0 bridgehead atoms. The van der Waals surface area contributed by atoms with Gasteiger partial charge in [-0.2, -0.15) is 0 Å². The van der Waals surface area contributed by atoms with Gasteiger partial charge in [-0.1, -0.05) is 23.2 Å². The lowest BCUT2D eigenvalue weighted by Crippen LogP contribution is -2.70. The third-order valence-electron chi connectivity index (χ3n) is 5.74. The second-order valence-corrected chi connectivity index (χ2v) is 12.5. The van der Waals surface area contributed by atoms with E-state index in [1.165, 1.54) is 46.6 Å². The van der Waals surface area contributed by atoms with Gasteiger partial charge in [-0.05, 0) is 29.3 Å². The van der Waals surface area contributed by atoms with Crippen LogP contribution in [0.15, 0.2) is 63.8 Å². The maximum atomic E-state index is 12.9. The molecule has 0 saturated carbocycles. The molecular weight excluding hydrogens is 605 g/mol. The number of carbonyl (C=O) groups excluding carboxylic acids is 2. The number of hydrogen-bond donors (Lipinski definition) is 3. The summed E-state index contributed by atoms with van der Waals surface area (Å²) in [4.78, 5) is 51.1. The average Bonchev–Trinajstić information content (AvgIpc) is 2.90. The third-order valence-corrected chi connectivity index (χ3v) is 9.99. The second-order valence-electron chi connectivity index (χ2n) is 8.46. The summed E-state index contributed by atoms with van der Waals surface area (Å²) in [6, 6.07) is 6.09. The Bertz CT molecular complexity index is 1400. The number of thioether (sulfide) groups is 3. The van der Waals surface area contributed by atoms with Crippen molar-refractivity contribution in [2.75, 3.05) is 17.3 Å². The molecule has 14 heteroatoms. The molecule has 2 aliphatic heterocycles. The van der Waals surface area contributed by atoms with E-state index in [9.17, 15) is 24.3 Å². The van der Waals surface area contributed by atoms with Crippen LogP contribution in [0, 0.1) is 0 Å². The number of carbonyl (C=O) groups is 4. The van der Waals surface area contributed by atoms with Crippen molar-refractivity contribution in [3.05, 3.63) is 69.6 Å². The lowest BCUT2D eigenvalue weighted by Gasteiger charge is -2.49. The number of β-lactam (4-membered cyclic amide) rings is 1. The number of hydrogen-bond acceptors (Lipinski definition) is 7. The zero-order chi connectivity index (χ0) is 28.3. The molecule has 0 radical (unpaired) electrons. The van der Waals surface area contributed by atoms with Crippen LogP contribution in [0.5, 0.6) is 0 Å². The van der Waals surface area contributed by atoms with Gasteiger partial charge in [0.1, 0.15) is 24.2 Å². The minimum atomic E-state index is -1.17. The van der Waals surface area contributed by atoms with Crippen LogP contribution in [0.25, 0.3) is 6.08 Å². The first-order chi connectivity index (χ1) is 18.5. The fourth-order valence-electron chi connectivity index (χ4n) is 3.85. The summed E-state index contributed by atoms with van der Waals surface area (Å²) >= 11 is 16.5. The monoisotopic (exact) mass is 626 g/mol. The normalized spacial score (nSPS) is 18.6. The molecule has 2 atom stereocenters. The Morgan fingerprint density at radius 1 is 1.18 bits per heavy atom. The summed E-state index contributed by atoms with van der Waals surface area (Å²) in [7, 11) is 1.91. The fourth-order valence-corrected chi connectivity index (χ4v) is 7.61. The molecule has 1 fully saturated rings. The molecule has 0 unspecified atom stereocenters. The van der Waals surface area contributed by atoms with Gasteiger partial charge >= 0.3 is 11.9 Å². The van der Waals surface area contributed by atoms with Gasteiger partial charge < -0.3 is 15.5 Å². The third kappa shape index (κ3) is 6.93. The number of aromatic nitrogens is 1. The van der Waals surface area contributed by atoms with Gasteiger partial charge in [0.15, 0.2) is 12.4 Å². The standard InChI is InChI=1S/C25H21Cl2N3O6S3/c1-29-6-4-15(5-7-29)37-10-14-11-39-24-21(23(34)30(24)22(14)25(35)36)28-19(31)12-38-18-9-16(26)13(8-17(18)27)2-3-20(32)33/h2-9,21,24H,10-12H2,1H3,(H2-,28,31,32,33,35,36)/p+1/b3-2+/t21-,24-/m1/s1. The van der Waals surface area contributed by atoms with Gasteiger partial charge in [-0.3, -0.25) is 14.5 Å². The van der Waals surface area contributed by atoms with Gasteiger partial charge in [0.05, 0.1) is 10.8 Å². The maximum absolute atomic E-state index is 12.9. The molecule has 3 N–H and O–H groups in total. The van der Waals surface area contributed by atoms with Gasteiger partial charge in [-0.25, -0.2) is 14.2 Å². The van der Waals surface area contributed by atoms with Crippen LogP contribution in [0.4, 0.5) is 0 Å². The van der Waals surface area contributed by atoms with E-state index < -0.39 is 35.2 Å². The number of nitrogens with zero attached hydrogens (tertiary/aromatic N) is 2. The molecular formula is C25H22Cl2N3O6S3+. The van der Waals surface area contributed by atoms with E-state index >= 15 is 0 Å². The summed E-state index contributed by atoms with van der Waals surface area (Å²) < 4.78 is 1.90. The van der Waals surface area contributed by atoms with E-state index in [4.69, 9.17) is 28.3 Å². The van der Waals surface area contributed by atoms with E-state index in [0.717, 1.165) is 22.7 Å². The highest BCUT2D eigenvalue weighted by Gasteiger charge is 2.54. The molecule has 2 aromatic rings. The summed E-state index contributed by atoms with van der Waals surface area (Å²) in [5.41, 5.74) is 1.06. The number of halogens is 2. The molecule has 0 spiro atoms. The smallest absolute Gasteiger partial charge is 0.352 e. The quantitative estimate of drug-likeness (QED) is 0.157. The van der Waals surface area contributed by atoms with E-state index in [0.29, 0.717) is 32.6 Å². The predicted molar refractivity (Wildman–Crippen MR) is 152 cm³/mol. The highest BCUT2D eigenvalue weighted by Crippen LogP contribution is 2.41. The van der Waals surface area contributed by atoms with Gasteiger partial charge in [-0.15, -0.1) is 35.3 Å². The summed E-state index contributed by atoms with van der Waals surface area (Å²) in [5, 5.41) is 21.4. The van der Waals surface area contributed by atoms with Crippen LogP contribution in [0.3, 0.4) is 0 Å². The van der Waals surface area contributed by atoms with Gasteiger partial charge in [0.25, 0.3) is 5.91 Å². The van der Waals surface area contributed by atoms with Crippen LogP contribution in [0.1, 0.15) is 5.56 Å². The fraction of sp³-hybridized carbons (Fsp3) is 0.240. The SMILES string of the molecule is C[n+]1ccc(SCC2=C(C(=O)O)N3C(=O)[C@@H](NC(=O)CSc4cc(Cl)c(/C=C/C(=O)O)cc4Cl)[C@H]3SC2)cc1. The van der Waals surface area contributed by atoms with Crippen molar-refractivity contribution in [1.82, 2.24) is 10.2 Å². The number of carboxylic acids is 2. The first kappa shape index (κ1) is 29.3. The van der Waals surface area contributed by atoms with Gasteiger partial charge in [0.2, 0.25) is 5.91 Å². The molecule has 3 heterocycles. The number of amides is 2. The number of fused-ring (bicyclic) bond motifs is 1. The number of aryl methyl sites for hydroxylation is 1. The summed E-state index contributed by atoms with van der Waals surface area (Å²) in [6.45, 7) is 0. The molecule has 4 rings (SSSR count). The number of pyridine rings is 1. The van der Waals surface area contributed by atoms with Crippen molar-refractivity contribution in [2.24, 2.45) is 7.05 Å². The number of rotatable bonds is 10. The Balaban J connectivity index is 1.36. The number of nitrogens with one attached hydrogen (secondary N) is 1. The number of aliphatic carboxylic acids is 2. The number of benzene rings is 1. The zero-order valence-electron chi connectivity index (χ0n) is 20.3. The van der Waals surface area contributed by atoms with Crippen LogP contribution >= 0.6 is 58.5 Å². The maximum Gasteiger partial charge on any atom is 0.352 e. The van der Waals surface area contributed by atoms with Crippen molar-refractivity contribution in [3.8, 4) is 0 Å². The average molecular weight is 628 g/mol. The Morgan fingerprint density at radius 2 is 1.90 bits per heavy atom. The van der Waals surface area contributed by atoms with Crippen molar-refractivity contribution in [3.63, 3.8) is 0 Å². The molecule has 204 valence electrons. The Kier molecular flexibility index (Phi) is 9.55. The highest BCUT2D eigenvalue weighted by atomic mass is 35.5. The van der Waals surface area contributed by atoms with Crippen molar-refractivity contribution < 1.29 is 34.0 Å². The summed E-state index contributed by atoms with van der Waals surface area (Å²) in [5.74, 6) is -2.37. The van der Waals surface area contributed by atoms with Crippen molar-refractivity contribution >= 4 is 88.3 Å². The molecule has 1 aromatic heterocycles. The molecule has 1 saturated heterocycles. The largest absolute Gasteiger partial charge is 0.478 e. The molecule has 1 aromatic carbocycles. The van der Waals surface area contributed by atoms with Crippen molar-refractivity contribution in [1.29, 1.82) is 0 Å². The highest BCUT2D eigenvalue weighted by molar-refractivity contribution is 8.01. The Labute approximate surface area is 246 Å². The Hall–Kier alpha value is -2.64. The van der Waals surface area contributed by atoms with Gasteiger partial charge in [0, 0.05) is 44.5 Å². The predicted octanol–water partition coefficient (Wildman–Crippen LogP) is 3.54. The number of carboxylic acid groups (broad SMARTS) is 2. The molecule has 2 amide bonds. The minimum Gasteiger partial charge on any atom is -0.478 e. The second kappa shape index (κ2) is 12.7. The molecule has 39 heavy (non-hydrogen) atoms. The van der Waals surface area contributed by atoms with Crippen LogP contribution in [0.2, 0.25) is 10.0 Å². The van der Waals surface area contributed by atoms with Crippen molar-refractivity contribution in [2.45, 2.75) is 21.2 Å².